The average molecular weight is 260 g/mol. The molecule has 1 aromatic rings. The third-order valence-corrected chi connectivity index (χ3v) is 3.90. The first kappa shape index (κ1) is 12.7. The van der Waals surface area contributed by atoms with Crippen LogP contribution < -0.4 is 10.6 Å². The Kier molecular flexibility index (Phi) is 3.58. The van der Waals surface area contributed by atoms with Crippen molar-refractivity contribution in [2.24, 2.45) is 5.92 Å². The molecule has 1 aromatic heterocycles. The Bertz CT molecular complexity index is 450. The van der Waals surface area contributed by atoms with Crippen LogP contribution in [0.5, 0.6) is 0 Å². The van der Waals surface area contributed by atoms with Crippen molar-refractivity contribution in [2.75, 3.05) is 23.7 Å². The molecule has 0 aliphatic heterocycles. The van der Waals surface area contributed by atoms with Gasteiger partial charge in [0, 0.05) is 24.6 Å². The summed E-state index contributed by atoms with van der Waals surface area (Å²) in [5.41, 5.74) is 1.17. The minimum atomic E-state index is 0.601. The highest BCUT2D eigenvalue weighted by Crippen LogP contribution is 2.39. The summed E-state index contributed by atoms with van der Waals surface area (Å²) in [6, 6.07) is 0. The van der Waals surface area contributed by atoms with Crippen LogP contribution in [0, 0.1) is 12.8 Å². The second-order valence-electron chi connectivity index (χ2n) is 5.93. The van der Waals surface area contributed by atoms with Gasteiger partial charge in [-0.3, -0.25) is 0 Å². The molecule has 0 amide bonds. The zero-order valence-corrected chi connectivity index (χ0v) is 12.0. The van der Waals surface area contributed by atoms with Gasteiger partial charge in [0.25, 0.3) is 0 Å². The number of nitrogens with one attached hydrogen (secondary N) is 2. The van der Waals surface area contributed by atoms with Crippen LogP contribution in [0.15, 0.2) is 0 Å². The maximum Gasteiger partial charge on any atom is 0.136 e. The molecule has 2 fully saturated rings. The molecule has 2 aliphatic rings. The Morgan fingerprint density at radius 1 is 1.05 bits per heavy atom. The molecular formula is C15H24N4. The van der Waals surface area contributed by atoms with Gasteiger partial charge < -0.3 is 10.6 Å². The molecule has 2 aliphatic carbocycles. The number of hydrogen-bond donors (Lipinski definition) is 2. The van der Waals surface area contributed by atoms with Gasteiger partial charge in [0.1, 0.15) is 17.5 Å². The van der Waals surface area contributed by atoms with Gasteiger partial charge in [-0.25, -0.2) is 9.97 Å². The molecule has 2 saturated carbocycles. The first-order valence-corrected chi connectivity index (χ1v) is 7.64. The summed E-state index contributed by atoms with van der Waals surface area (Å²) in [4.78, 5) is 9.45. The fraction of sp³-hybridized carbons (Fsp3) is 0.733. The third kappa shape index (κ3) is 3.17. The zero-order valence-electron chi connectivity index (χ0n) is 12.0. The van der Waals surface area contributed by atoms with E-state index < -0.39 is 0 Å². The van der Waals surface area contributed by atoms with Crippen LogP contribution in [-0.4, -0.2) is 23.1 Å². The zero-order chi connectivity index (χ0) is 13.2. The first-order valence-electron chi connectivity index (χ1n) is 7.64. The summed E-state index contributed by atoms with van der Waals surface area (Å²) < 4.78 is 0. The molecule has 104 valence electrons. The van der Waals surface area contributed by atoms with Gasteiger partial charge in [0.2, 0.25) is 0 Å². The van der Waals surface area contributed by atoms with Crippen molar-refractivity contribution >= 4 is 11.6 Å². The Morgan fingerprint density at radius 2 is 1.74 bits per heavy atom. The quantitative estimate of drug-likeness (QED) is 0.789. The lowest BCUT2D eigenvalue weighted by molar-refractivity contribution is 0.858. The second-order valence-corrected chi connectivity index (χ2v) is 5.93. The van der Waals surface area contributed by atoms with Gasteiger partial charge in [0.15, 0.2) is 0 Å². The summed E-state index contributed by atoms with van der Waals surface area (Å²) in [5.74, 6) is 4.57. The van der Waals surface area contributed by atoms with Crippen LogP contribution in [0.2, 0.25) is 0 Å². The fourth-order valence-electron chi connectivity index (χ4n) is 2.21. The van der Waals surface area contributed by atoms with Gasteiger partial charge in [-0.05, 0) is 44.9 Å². The lowest BCUT2D eigenvalue weighted by Crippen LogP contribution is -2.13. The van der Waals surface area contributed by atoms with Crippen LogP contribution in [0.25, 0.3) is 0 Å². The molecule has 0 aromatic carbocycles. The molecule has 0 unspecified atom stereocenters. The van der Waals surface area contributed by atoms with E-state index in [-0.39, 0.29) is 0 Å². The van der Waals surface area contributed by atoms with E-state index in [0.29, 0.717) is 5.92 Å². The van der Waals surface area contributed by atoms with E-state index in [1.165, 1.54) is 31.2 Å². The molecular weight excluding hydrogens is 236 g/mol. The number of anilines is 2. The van der Waals surface area contributed by atoms with Crippen LogP contribution in [0.3, 0.4) is 0 Å². The van der Waals surface area contributed by atoms with Crippen molar-refractivity contribution in [3.63, 3.8) is 0 Å². The Morgan fingerprint density at radius 3 is 2.32 bits per heavy atom. The highest BCUT2D eigenvalue weighted by Gasteiger charge is 2.28. The van der Waals surface area contributed by atoms with E-state index in [2.05, 4.69) is 24.5 Å². The highest BCUT2D eigenvalue weighted by molar-refractivity contribution is 5.57. The van der Waals surface area contributed by atoms with Gasteiger partial charge in [0.05, 0.1) is 0 Å². The molecule has 2 N–H and O–H groups in total. The largest absolute Gasteiger partial charge is 0.370 e. The number of hydrogen-bond acceptors (Lipinski definition) is 4. The van der Waals surface area contributed by atoms with Crippen molar-refractivity contribution in [3.05, 3.63) is 11.4 Å². The standard InChI is InChI=1S/C15H24N4/c1-3-8-16-13-10(2)14(17-9-11-4-5-11)19-15(18-13)12-6-7-12/h11-12H,3-9H2,1-2H3,(H2,16,17,18,19). The molecule has 0 spiro atoms. The molecule has 0 bridgehead atoms. The molecule has 4 nitrogen and oxygen atoms in total. The predicted molar refractivity (Wildman–Crippen MR) is 78.7 cm³/mol. The van der Waals surface area contributed by atoms with Crippen molar-refractivity contribution < 1.29 is 0 Å². The summed E-state index contributed by atoms with van der Waals surface area (Å²) in [6.45, 7) is 6.33. The van der Waals surface area contributed by atoms with Crippen molar-refractivity contribution in [1.29, 1.82) is 0 Å². The van der Waals surface area contributed by atoms with E-state index in [9.17, 15) is 0 Å². The first-order chi connectivity index (χ1) is 9.28. The highest BCUT2D eigenvalue weighted by atomic mass is 15.1. The van der Waals surface area contributed by atoms with Crippen LogP contribution in [0.1, 0.15) is 56.3 Å². The molecule has 4 heteroatoms. The minimum absolute atomic E-state index is 0.601. The predicted octanol–water partition coefficient (Wildman–Crippen LogP) is 3.31. The lowest BCUT2D eigenvalue weighted by Gasteiger charge is -2.14. The summed E-state index contributed by atoms with van der Waals surface area (Å²) >= 11 is 0. The van der Waals surface area contributed by atoms with Crippen molar-refractivity contribution in [1.82, 2.24) is 9.97 Å². The normalized spacial score (nSPS) is 18.4. The van der Waals surface area contributed by atoms with Gasteiger partial charge in [-0.2, -0.15) is 0 Å². The number of nitrogens with zero attached hydrogens (tertiary/aromatic N) is 2. The van der Waals surface area contributed by atoms with Crippen LogP contribution in [0.4, 0.5) is 11.6 Å². The monoisotopic (exact) mass is 260 g/mol. The third-order valence-electron chi connectivity index (χ3n) is 3.90. The van der Waals surface area contributed by atoms with Gasteiger partial charge in [-0.15, -0.1) is 0 Å². The summed E-state index contributed by atoms with van der Waals surface area (Å²) in [7, 11) is 0. The van der Waals surface area contributed by atoms with Crippen LogP contribution in [-0.2, 0) is 0 Å². The maximum absolute atomic E-state index is 4.74. The fourth-order valence-corrected chi connectivity index (χ4v) is 2.21. The second kappa shape index (κ2) is 5.35. The van der Waals surface area contributed by atoms with E-state index >= 15 is 0 Å². The van der Waals surface area contributed by atoms with E-state index in [0.717, 1.165) is 42.9 Å². The Balaban J connectivity index is 1.79. The molecule has 0 saturated heterocycles. The average Bonchev–Trinajstić information content (AvgIpc) is 3.29. The topological polar surface area (TPSA) is 49.8 Å². The van der Waals surface area contributed by atoms with Gasteiger partial charge >= 0.3 is 0 Å². The SMILES string of the molecule is CCCNc1nc(C2CC2)nc(NCC2CC2)c1C. The molecule has 1 heterocycles. The Hall–Kier alpha value is -1.32. The van der Waals surface area contributed by atoms with Gasteiger partial charge in [-0.1, -0.05) is 6.92 Å². The lowest BCUT2D eigenvalue weighted by atomic mass is 10.2. The van der Waals surface area contributed by atoms with E-state index in [4.69, 9.17) is 9.97 Å². The molecule has 19 heavy (non-hydrogen) atoms. The van der Waals surface area contributed by atoms with Crippen molar-refractivity contribution in [3.8, 4) is 0 Å². The van der Waals surface area contributed by atoms with E-state index in [1.807, 2.05) is 0 Å². The number of rotatable bonds is 7. The molecule has 0 atom stereocenters. The molecule has 3 rings (SSSR count). The molecule has 0 radical (unpaired) electrons. The number of aromatic nitrogens is 2. The smallest absolute Gasteiger partial charge is 0.136 e. The summed E-state index contributed by atoms with van der Waals surface area (Å²) in [5, 5.41) is 6.96. The van der Waals surface area contributed by atoms with Crippen molar-refractivity contribution in [2.45, 2.75) is 51.9 Å². The summed E-state index contributed by atoms with van der Waals surface area (Å²) in [6.07, 6.45) is 6.35. The van der Waals surface area contributed by atoms with E-state index in [1.54, 1.807) is 0 Å². The minimum Gasteiger partial charge on any atom is -0.370 e. The Labute approximate surface area is 115 Å². The maximum atomic E-state index is 4.74. The van der Waals surface area contributed by atoms with Crippen LogP contribution >= 0.6 is 0 Å².